The summed E-state index contributed by atoms with van der Waals surface area (Å²) in [7, 11) is 0. The highest BCUT2D eigenvalue weighted by Crippen LogP contribution is 2.39. The van der Waals surface area contributed by atoms with E-state index in [-0.39, 0.29) is 6.04 Å². The van der Waals surface area contributed by atoms with E-state index in [0.717, 1.165) is 19.5 Å². The van der Waals surface area contributed by atoms with E-state index in [4.69, 9.17) is 5.11 Å². The van der Waals surface area contributed by atoms with Crippen LogP contribution in [0.1, 0.15) is 46.5 Å². The van der Waals surface area contributed by atoms with Crippen molar-refractivity contribution < 1.29 is 9.90 Å². The summed E-state index contributed by atoms with van der Waals surface area (Å²) >= 11 is 0. The molecule has 15 heavy (non-hydrogen) atoms. The molecule has 1 rings (SSSR count). The summed E-state index contributed by atoms with van der Waals surface area (Å²) in [4.78, 5) is 13.0. The third kappa shape index (κ3) is 2.71. The molecule has 1 heterocycles. The Hall–Kier alpha value is -0.570. The van der Waals surface area contributed by atoms with Crippen molar-refractivity contribution in [1.29, 1.82) is 0 Å². The summed E-state index contributed by atoms with van der Waals surface area (Å²) in [5.41, 5.74) is 0.478. The molecule has 0 saturated carbocycles. The van der Waals surface area contributed by atoms with Crippen LogP contribution in [-0.4, -0.2) is 35.1 Å². The SMILES string of the molecule is CCC(CC(=O)O)N1CC(CC)(CC)C1. The first-order valence-corrected chi connectivity index (χ1v) is 6.02. The number of likely N-dealkylation sites (tertiary alicyclic amines) is 1. The van der Waals surface area contributed by atoms with Gasteiger partial charge in [0.2, 0.25) is 0 Å². The van der Waals surface area contributed by atoms with Crippen molar-refractivity contribution in [2.24, 2.45) is 5.41 Å². The molecule has 0 aliphatic carbocycles. The lowest BCUT2D eigenvalue weighted by Crippen LogP contribution is -2.59. The molecule has 0 aromatic carbocycles. The van der Waals surface area contributed by atoms with Gasteiger partial charge in [0, 0.05) is 19.1 Å². The van der Waals surface area contributed by atoms with Gasteiger partial charge in [0.1, 0.15) is 0 Å². The highest BCUT2D eigenvalue weighted by Gasteiger charge is 2.42. The van der Waals surface area contributed by atoms with Crippen molar-refractivity contribution >= 4 is 5.97 Å². The van der Waals surface area contributed by atoms with Crippen LogP contribution in [0.25, 0.3) is 0 Å². The lowest BCUT2D eigenvalue weighted by Gasteiger charge is -2.53. The Bertz CT molecular complexity index is 216. The molecular formula is C12H23NO2. The van der Waals surface area contributed by atoms with Gasteiger partial charge in [-0.15, -0.1) is 0 Å². The average molecular weight is 213 g/mol. The molecule has 3 heteroatoms. The van der Waals surface area contributed by atoms with Crippen molar-refractivity contribution in [3.05, 3.63) is 0 Å². The fourth-order valence-electron chi connectivity index (χ4n) is 2.50. The molecule has 0 amide bonds. The number of hydrogen-bond donors (Lipinski definition) is 1. The number of carboxylic acids is 1. The maximum Gasteiger partial charge on any atom is 0.304 e. The van der Waals surface area contributed by atoms with Gasteiger partial charge in [-0.1, -0.05) is 20.8 Å². The highest BCUT2D eigenvalue weighted by atomic mass is 16.4. The van der Waals surface area contributed by atoms with Crippen LogP contribution in [0.4, 0.5) is 0 Å². The fourth-order valence-corrected chi connectivity index (χ4v) is 2.50. The summed E-state index contributed by atoms with van der Waals surface area (Å²) in [5.74, 6) is -0.674. The molecule has 3 nitrogen and oxygen atoms in total. The number of carboxylic acid groups (broad SMARTS) is 1. The van der Waals surface area contributed by atoms with Gasteiger partial charge in [-0.3, -0.25) is 9.69 Å². The van der Waals surface area contributed by atoms with Gasteiger partial charge in [0.05, 0.1) is 6.42 Å². The Morgan fingerprint density at radius 1 is 1.33 bits per heavy atom. The fraction of sp³-hybridized carbons (Fsp3) is 0.917. The molecule has 0 spiro atoms. The summed E-state index contributed by atoms with van der Waals surface area (Å²) in [6.07, 6.45) is 3.66. The van der Waals surface area contributed by atoms with Gasteiger partial charge in [0.25, 0.3) is 0 Å². The third-order valence-corrected chi connectivity index (χ3v) is 3.97. The monoisotopic (exact) mass is 213 g/mol. The van der Waals surface area contributed by atoms with E-state index in [1.807, 2.05) is 0 Å². The van der Waals surface area contributed by atoms with Gasteiger partial charge in [-0.2, -0.15) is 0 Å². The van der Waals surface area contributed by atoms with Crippen molar-refractivity contribution in [1.82, 2.24) is 4.90 Å². The van der Waals surface area contributed by atoms with E-state index in [1.165, 1.54) is 12.8 Å². The minimum atomic E-state index is -0.674. The molecule has 1 saturated heterocycles. The van der Waals surface area contributed by atoms with Crippen LogP contribution in [-0.2, 0) is 4.79 Å². The van der Waals surface area contributed by atoms with Gasteiger partial charge in [-0.25, -0.2) is 0 Å². The summed E-state index contributed by atoms with van der Waals surface area (Å²) in [6, 6.07) is 0.244. The largest absolute Gasteiger partial charge is 0.481 e. The second kappa shape index (κ2) is 4.97. The van der Waals surface area contributed by atoms with Crippen LogP contribution in [0.2, 0.25) is 0 Å². The molecule has 0 radical (unpaired) electrons. The van der Waals surface area contributed by atoms with Crippen LogP contribution in [0.3, 0.4) is 0 Å². The van der Waals surface area contributed by atoms with E-state index in [9.17, 15) is 4.79 Å². The molecule has 0 aromatic rings. The summed E-state index contributed by atoms with van der Waals surface area (Å²) < 4.78 is 0. The number of hydrogen-bond acceptors (Lipinski definition) is 2. The zero-order valence-electron chi connectivity index (χ0n) is 10.1. The lowest BCUT2D eigenvalue weighted by molar-refractivity contribution is -0.140. The van der Waals surface area contributed by atoms with E-state index in [0.29, 0.717) is 11.8 Å². The highest BCUT2D eigenvalue weighted by molar-refractivity contribution is 5.67. The third-order valence-electron chi connectivity index (χ3n) is 3.97. The number of carbonyl (C=O) groups is 1. The summed E-state index contributed by atoms with van der Waals surface area (Å²) in [5, 5.41) is 8.80. The van der Waals surface area contributed by atoms with Crippen molar-refractivity contribution in [2.45, 2.75) is 52.5 Å². The summed E-state index contributed by atoms with van der Waals surface area (Å²) in [6.45, 7) is 8.72. The van der Waals surface area contributed by atoms with Crippen molar-refractivity contribution in [3.8, 4) is 0 Å². The normalized spacial score (nSPS) is 22.1. The van der Waals surface area contributed by atoms with Crippen molar-refractivity contribution in [3.63, 3.8) is 0 Å². The average Bonchev–Trinajstić information content (AvgIpc) is 2.15. The maximum absolute atomic E-state index is 10.7. The minimum Gasteiger partial charge on any atom is -0.481 e. The standard InChI is InChI=1S/C12H23NO2/c1-4-10(7-11(14)15)13-8-12(5-2,6-3)9-13/h10H,4-9H2,1-3H3,(H,14,15). The predicted molar refractivity (Wildman–Crippen MR) is 60.9 cm³/mol. The maximum atomic E-state index is 10.7. The van der Waals surface area contributed by atoms with Crippen LogP contribution in [0, 0.1) is 5.41 Å². The topological polar surface area (TPSA) is 40.5 Å². The van der Waals surface area contributed by atoms with Crippen molar-refractivity contribution in [2.75, 3.05) is 13.1 Å². The molecule has 0 aromatic heterocycles. The molecule has 88 valence electrons. The second-order valence-electron chi connectivity index (χ2n) is 4.77. The Morgan fingerprint density at radius 2 is 1.87 bits per heavy atom. The van der Waals surface area contributed by atoms with E-state index in [2.05, 4.69) is 25.7 Å². The first-order chi connectivity index (χ1) is 7.06. The molecule has 1 N–H and O–H groups in total. The molecular weight excluding hydrogens is 190 g/mol. The molecule has 1 atom stereocenters. The zero-order chi connectivity index (χ0) is 11.5. The van der Waals surface area contributed by atoms with Crippen LogP contribution in [0.5, 0.6) is 0 Å². The first-order valence-electron chi connectivity index (χ1n) is 6.02. The Balaban J connectivity index is 2.44. The second-order valence-corrected chi connectivity index (χ2v) is 4.77. The number of nitrogens with zero attached hydrogens (tertiary/aromatic N) is 1. The lowest BCUT2D eigenvalue weighted by atomic mass is 9.74. The van der Waals surface area contributed by atoms with E-state index < -0.39 is 5.97 Å². The quantitative estimate of drug-likeness (QED) is 0.736. The molecule has 0 bridgehead atoms. The minimum absolute atomic E-state index is 0.244. The Kier molecular flexibility index (Phi) is 4.14. The zero-order valence-corrected chi connectivity index (χ0v) is 10.1. The molecule has 1 aliphatic heterocycles. The number of aliphatic carboxylic acids is 1. The number of rotatable bonds is 6. The first kappa shape index (κ1) is 12.5. The molecule has 1 aliphatic rings. The van der Waals surface area contributed by atoms with Gasteiger partial charge < -0.3 is 5.11 Å². The van der Waals surface area contributed by atoms with Gasteiger partial charge in [-0.05, 0) is 24.7 Å². The molecule has 1 unspecified atom stereocenters. The smallest absolute Gasteiger partial charge is 0.304 e. The van der Waals surface area contributed by atoms with Crippen LogP contribution in [0.15, 0.2) is 0 Å². The predicted octanol–water partition coefficient (Wildman–Crippen LogP) is 2.36. The Labute approximate surface area is 92.5 Å². The van der Waals surface area contributed by atoms with E-state index >= 15 is 0 Å². The van der Waals surface area contributed by atoms with Crippen LogP contribution >= 0.6 is 0 Å². The van der Waals surface area contributed by atoms with Crippen LogP contribution < -0.4 is 0 Å². The van der Waals surface area contributed by atoms with E-state index in [1.54, 1.807) is 0 Å². The van der Waals surface area contributed by atoms with Gasteiger partial charge >= 0.3 is 5.97 Å². The van der Waals surface area contributed by atoms with Gasteiger partial charge in [0.15, 0.2) is 0 Å². The molecule has 1 fully saturated rings. The Morgan fingerprint density at radius 3 is 2.20 bits per heavy atom.